The van der Waals surface area contributed by atoms with Crippen molar-refractivity contribution in [3.05, 3.63) is 54.7 Å². The van der Waals surface area contributed by atoms with Gasteiger partial charge in [0.15, 0.2) is 11.5 Å². The van der Waals surface area contributed by atoms with Crippen LogP contribution < -0.4 is 10.2 Å². The van der Waals surface area contributed by atoms with Crippen molar-refractivity contribution in [1.29, 1.82) is 0 Å². The van der Waals surface area contributed by atoms with E-state index in [0.717, 1.165) is 3.57 Å². The van der Waals surface area contributed by atoms with E-state index in [1.54, 1.807) is 24.3 Å². The van der Waals surface area contributed by atoms with Crippen molar-refractivity contribution in [1.82, 2.24) is 5.43 Å². The standard InChI is InChI=1S/C15H12I2N2O3/c1-22-13-7-9(6-12(17)14(13)20)8-18-19-15(21)10-2-4-11(16)5-3-10/h2-8,20H,1H3,(H,19,21)/b18-8-. The molecule has 0 aliphatic carbocycles. The smallest absolute Gasteiger partial charge is 0.271 e. The Morgan fingerprint density at radius 3 is 2.59 bits per heavy atom. The van der Waals surface area contributed by atoms with Crippen LogP contribution in [0.3, 0.4) is 0 Å². The number of halogens is 2. The number of nitrogens with zero attached hydrogens (tertiary/aromatic N) is 1. The molecule has 22 heavy (non-hydrogen) atoms. The summed E-state index contributed by atoms with van der Waals surface area (Å²) in [5.74, 6) is 0.161. The van der Waals surface area contributed by atoms with Gasteiger partial charge >= 0.3 is 0 Å². The van der Waals surface area contributed by atoms with Gasteiger partial charge in [-0.15, -0.1) is 0 Å². The van der Waals surface area contributed by atoms with Gasteiger partial charge in [0.2, 0.25) is 0 Å². The van der Waals surface area contributed by atoms with E-state index in [9.17, 15) is 9.90 Å². The van der Waals surface area contributed by atoms with Crippen molar-refractivity contribution >= 4 is 57.3 Å². The van der Waals surface area contributed by atoms with E-state index in [4.69, 9.17) is 4.74 Å². The average Bonchev–Trinajstić information content (AvgIpc) is 2.51. The van der Waals surface area contributed by atoms with E-state index in [-0.39, 0.29) is 11.7 Å². The third-order valence-corrected chi connectivity index (χ3v) is 4.30. The maximum atomic E-state index is 11.9. The van der Waals surface area contributed by atoms with Crippen LogP contribution in [0.4, 0.5) is 0 Å². The number of hydrazone groups is 1. The molecule has 0 atom stereocenters. The Bertz CT molecular complexity index is 715. The molecule has 2 aromatic rings. The molecule has 5 nitrogen and oxygen atoms in total. The molecular weight excluding hydrogens is 510 g/mol. The number of hydrogen-bond acceptors (Lipinski definition) is 4. The highest BCUT2D eigenvalue weighted by molar-refractivity contribution is 14.1. The van der Waals surface area contributed by atoms with Crippen molar-refractivity contribution in [3.63, 3.8) is 0 Å². The quantitative estimate of drug-likeness (QED) is 0.368. The first-order valence-electron chi connectivity index (χ1n) is 6.16. The van der Waals surface area contributed by atoms with Gasteiger partial charge in [0.25, 0.3) is 5.91 Å². The van der Waals surface area contributed by atoms with E-state index in [1.807, 2.05) is 34.7 Å². The van der Waals surface area contributed by atoms with Crippen LogP contribution in [0, 0.1) is 7.14 Å². The molecule has 0 bridgehead atoms. The minimum absolute atomic E-state index is 0.0863. The first-order chi connectivity index (χ1) is 10.5. The Morgan fingerprint density at radius 1 is 1.27 bits per heavy atom. The molecule has 0 saturated carbocycles. The number of carbonyl (C=O) groups excluding carboxylic acids is 1. The highest BCUT2D eigenvalue weighted by atomic mass is 127. The van der Waals surface area contributed by atoms with Gasteiger partial charge in [-0.1, -0.05) is 0 Å². The van der Waals surface area contributed by atoms with E-state index in [0.29, 0.717) is 20.4 Å². The summed E-state index contributed by atoms with van der Waals surface area (Å²) < 4.78 is 6.77. The maximum absolute atomic E-state index is 11.9. The molecule has 0 aromatic heterocycles. The summed E-state index contributed by atoms with van der Waals surface area (Å²) in [5.41, 5.74) is 3.71. The zero-order valence-electron chi connectivity index (χ0n) is 11.5. The predicted octanol–water partition coefficient (Wildman–Crippen LogP) is 3.37. The Balaban J connectivity index is 2.08. The molecule has 0 unspecified atom stereocenters. The molecule has 0 saturated heterocycles. The molecule has 0 aliphatic heterocycles. The average molecular weight is 522 g/mol. The number of methoxy groups -OCH3 is 1. The van der Waals surface area contributed by atoms with E-state index in [1.165, 1.54) is 13.3 Å². The lowest BCUT2D eigenvalue weighted by Gasteiger charge is -2.06. The van der Waals surface area contributed by atoms with E-state index >= 15 is 0 Å². The second kappa shape index (κ2) is 7.77. The molecule has 2 aromatic carbocycles. The van der Waals surface area contributed by atoms with Crippen molar-refractivity contribution in [2.24, 2.45) is 5.10 Å². The fourth-order valence-electron chi connectivity index (χ4n) is 1.66. The number of phenols is 1. The molecule has 2 rings (SSSR count). The fraction of sp³-hybridized carbons (Fsp3) is 0.0667. The molecule has 0 aliphatic rings. The van der Waals surface area contributed by atoms with Crippen LogP contribution >= 0.6 is 45.2 Å². The van der Waals surface area contributed by atoms with Crippen LogP contribution in [0.15, 0.2) is 41.5 Å². The molecular formula is C15H12I2N2O3. The van der Waals surface area contributed by atoms with Crippen LogP contribution in [0.25, 0.3) is 0 Å². The molecule has 1 amide bonds. The number of phenolic OH excluding ortho intramolecular Hbond substituents is 1. The maximum Gasteiger partial charge on any atom is 0.271 e. The van der Waals surface area contributed by atoms with Crippen LogP contribution in [0.1, 0.15) is 15.9 Å². The van der Waals surface area contributed by atoms with Gasteiger partial charge in [-0.3, -0.25) is 4.79 Å². The lowest BCUT2D eigenvalue weighted by Crippen LogP contribution is -2.17. The van der Waals surface area contributed by atoms with Gasteiger partial charge in [-0.25, -0.2) is 5.43 Å². The Hall–Kier alpha value is -1.36. The normalized spacial score (nSPS) is 10.7. The van der Waals surface area contributed by atoms with Gasteiger partial charge in [-0.2, -0.15) is 5.10 Å². The number of hydrogen-bond donors (Lipinski definition) is 2. The monoisotopic (exact) mass is 522 g/mol. The third-order valence-electron chi connectivity index (χ3n) is 2.76. The summed E-state index contributed by atoms with van der Waals surface area (Å²) >= 11 is 4.17. The number of aromatic hydroxyl groups is 1. The molecule has 0 heterocycles. The number of carbonyl (C=O) groups is 1. The van der Waals surface area contributed by atoms with Crippen molar-refractivity contribution in [2.75, 3.05) is 7.11 Å². The van der Waals surface area contributed by atoms with Crippen molar-refractivity contribution in [2.45, 2.75) is 0 Å². The van der Waals surface area contributed by atoms with Gasteiger partial charge in [-0.05, 0) is 87.1 Å². The molecule has 0 radical (unpaired) electrons. The first kappa shape index (κ1) is 17.0. The van der Waals surface area contributed by atoms with Crippen LogP contribution in [-0.2, 0) is 0 Å². The van der Waals surface area contributed by atoms with Crippen LogP contribution in [-0.4, -0.2) is 24.3 Å². The third kappa shape index (κ3) is 4.32. The predicted molar refractivity (Wildman–Crippen MR) is 102 cm³/mol. The van der Waals surface area contributed by atoms with E-state index in [2.05, 4.69) is 33.1 Å². The van der Waals surface area contributed by atoms with Gasteiger partial charge < -0.3 is 9.84 Å². The summed E-state index contributed by atoms with van der Waals surface area (Å²) in [5, 5.41) is 13.7. The topological polar surface area (TPSA) is 70.9 Å². The highest BCUT2D eigenvalue weighted by Crippen LogP contribution is 2.31. The first-order valence-corrected chi connectivity index (χ1v) is 8.32. The number of benzene rings is 2. The minimum atomic E-state index is -0.284. The SMILES string of the molecule is COc1cc(/C=N\NC(=O)c2ccc(I)cc2)cc(I)c1O. The Labute approximate surface area is 155 Å². The summed E-state index contributed by atoms with van der Waals surface area (Å²) in [6.07, 6.45) is 1.49. The zero-order valence-corrected chi connectivity index (χ0v) is 15.8. The summed E-state index contributed by atoms with van der Waals surface area (Å²) in [6, 6.07) is 10.5. The highest BCUT2D eigenvalue weighted by Gasteiger charge is 2.07. The molecule has 0 spiro atoms. The van der Waals surface area contributed by atoms with E-state index < -0.39 is 0 Å². The van der Waals surface area contributed by atoms with Gasteiger partial charge in [0, 0.05) is 9.13 Å². The molecule has 0 fully saturated rings. The van der Waals surface area contributed by atoms with Gasteiger partial charge in [0.1, 0.15) is 0 Å². The Kier molecular flexibility index (Phi) is 6.00. The lowest BCUT2D eigenvalue weighted by atomic mass is 10.2. The van der Waals surface area contributed by atoms with Gasteiger partial charge in [0.05, 0.1) is 16.9 Å². The lowest BCUT2D eigenvalue weighted by molar-refractivity contribution is 0.0955. The second-order valence-electron chi connectivity index (χ2n) is 4.26. The number of rotatable bonds is 4. The summed E-state index contributed by atoms with van der Waals surface area (Å²) in [6.45, 7) is 0. The minimum Gasteiger partial charge on any atom is -0.504 e. The summed E-state index contributed by atoms with van der Waals surface area (Å²) in [4.78, 5) is 11.9. The second-order valence-corrected chi connectivity index (χ2v) is 6.67. The Morgan fingerprint density at radius 2 is 1.95 bits per heavy atom. The molecule has 114 valence electrons. The van der Waals surface area contributed by atoms with Crippen LogP contribution in [0.5, 0.6) is 11.5 Å². The largest absolute Gasteiger partial charge is 0.504 e. The van der Waals surface area contributed by atoms with Crippen LogP contribution in [0.2, 0.25) is 0 Å². The number of nitrogens with one attached hydrogen (secondary N) is 1. The zero-order chi connectivity index (χ0) is 16.1. The molecule has 2 N–H and O–H groups in total. The number of amides is 1. The number of ether oxygens (including phenoxy) is 1. The van der Waals surface area contributed by atoms with Crippen molar-refractivity contribution in [3.8, 4) is 11.5 Å². The molecule has 7 heteroatoms. The van der Waals surface area contributed by atoms with Crippen molar-refractivity contribution < 1.29 is 14.6 Å². The summed E-state index contributed by atoms with van der Waals surface area (Å²) in [7, 11) is 1.48. The fourth-order valence-corrected chi connectivity index (χ4v) is 2.64.